The van der Waals surface area contributed by atoms with Gasteiger partial charge >= 0.3 is 0 Å². The fourth-order valence-electron chi connectivity index (χ4n) is 2.56. The van der Waals surface area contributed by atoms with Crippen molar-refractivity contribution in [2.75, 3.05) is 17.1 Å². The molecule has 30 heavy (non-hydrogen) atoms. The van der Waals surface area contributed by atoms with Crippen LogP contribution in [-0.2, 0) is 10.0 Å². The zero-order valence-electron chi connectivity index (χ0n) is 15.4. The first-order valence-electron chi connectivity index (χ1n) is 8.43. The summed E-state index contributed by atoms with van der Waals surface area (Å²) < 4.78 is 47.0. The number of nitrogens with one attached hydrogen (secondary N) is 2. The second-order valence-electron chi connectivity index (χ2n) is 6.03. The highest BCUT2D eigenvalue weighted by Gasteiger charge is 2.20. The van der Waals surface area contributed by atoms with Crippen molar-refractivity contribution in [3.05, 3.63) is 82.1 Å². The summed E-state index contributed by atoms with van der Waals surface area (Å²) >= 11 is 11.9. The summed E-state index contributed by atoms with van der Waals surface area (Å²) in [6, 6.07) is 13.6. The minimum Gasteiger partial charge on any atom is -0.495 e. The molecule has 10 heteroatoms. The number of hydrogen-bond donors (Lipinski definition) is 2. The molecule has 0 unspecified atom stereocenters. The summed E-state index contributed by atoms with van der Waals surface area (Å²) in [6.45, 7) is 0. The van der Waals surface area contributed by atoms with Gasteiger partial charge in [-0.15, -0.1) is 0 Å². The smallest absolute Gasteiger partial charge is 0.262 e. The Morgan fingerprint density at radius 2 is 1.73 bits per heavy atom. The van der Waals surface area contributed by atoms with Crippen molar-refractivity contribution >= 4 is 50.5 Å². The van der Waals surface area contributed by atoms with Gasteiger partial charge in [0.1, 0.15) is 11.6 Å². The Kier molecular flexibility index (Phi) is 6.50. The number of hydrogen-bond acceptors (Lipinski definition) is 4. The van der Waals surface area contributed by atoms with Crippen molar-refractivity contribution < 1.29 is 22.3 Å². The molecule has 0 radical (unpaired) electrons. The van der Waals surface area contributed by atoms with Crippen LogP contribution in [0.2, 0.25) is 10.0 Å². The van der Waals surface area contributed by atoms with Crippen LogP contribution in [0.4, 0.5) is 15.8 Å². The monoisotopic (exact) mass is 468 g/mol. The number of methoxy groups -OCH3 is 1. The van der Waals surface area contributed by atoms with Crippen LogP contribution < -0.4 is 14.8 Å². The van der Waals surface area contributed by atoms with Gasteiger partial charge in [-0.3, -0.25) is 9.52 Å². The average molecular weight is 469 g/mol. The number of ether oxygens (including phenoxy) is 1. The Morgan fingerprint density at radius 3 is 2.40 bits per heavy atom. The molecule has 6 nitrogen and oxygen atoms in total. The first-order valence-corrected chi connectivity index (χ1v) is 10.7. The van der Waals surface area contributed by atoms with Gasteiger partial charge in [0.15, 0.2) is 0 Å². The third kappa shape index (κ3) is 4.84. The van der Waals surface area contributed by atoms with Gasteiger partial charge in [0, 0.05) is 5.02 Å². The fourth-order valence-corrected chi connectivity index (χ4v) is 4.18. The van der Waals surface area contributed by atoms with Crippen molar-refractivity contribution in [3.8, 4) is 5.75 Å². The van der Waals surface area contributed by atoms with E-state index in [9.17, 15) is 17.6 Å². The summed E-state index contributed by atoms with van der Waals surface area (Å²) in [5.74, 6) is -1.27. The van der Waals surface area contributed by atoms with E-state index >= 15 is 0 Å². The van der Waals surface area contributed by atoms with Gasteiger partial charge in [-0.2, -0.15) is 0 Å². The zero-order chi connectivity index (χ0) is 21.9. The van der Waals surface area contributed by atoms with Gasteiger partial charge in [0.05, 0.1) is 34.0 Å². The maximum Gasteiger partial charge on any atom is 0.262 e. The van der Waals surface area contributed by atoms with Crippen molar-refractivity contribution in [1.29, 1.82) is 0 Å². The predicted octanol–water partition coefficient (Wildman–Crippen LogP) is 5.19. The molecule has 0 spiro atoms. The highest BCUT2D eigenvalue weighted by Crippen LogP contribution is 2.31. The Balaban J connectivity index is 1.93. The van der Waals surface area contributed by atoms with Crippen LogP contribution in [0.3, 0.4) is 0 Å². The number of benzene rings is 3. The van der Waals surface area contributed by atoms with Crippen molar-refractivity contribution in [1.82, 2.24) is 0 Å². The normalized spacial score (nSPS) is 11.1. The summed E-state index contributed by atoms with van der Waals surface area (Å²) in [7, 11) is -2.71. The lowest BCUT2D eigenvalue weighted by Gasteiger charge is -2.14. The largest absolute Gasteiger partial charge is 0.495 e. The van der Waals surface area contributed by atoms with Crippen LogP contribution in [0, 0.1) is 5.82 Å². The minimum absolute atomic E-state index is 0.0517. The Bertz CT molecular complexity index is 1220. The molecule has 3 aromatic carbocycles. The summed E-state index contributed by atoms with van der Waals surface area (Å²) in [5, 5.41) is 2.94. The number of sulfonamides is 1. The molecule has 3 rings (SSSR count). The molecule has 2 N–H and O–H groups in total. The number of carbonyl (C=O) groups is 1. The van der Waals surface area contributed by atoms with Crippen LogP contribution in [0.5, 0.6) is 5.75 Å². The standard InChI is InChI=1S/C20H15Cl2FN2O4S/c1-29-19-9-7-13(30(27,28)25-17-8-6-12(21)10-15(17)22)11-18(19)24-20(26)14-4-2-3-5-16(14)23/h2-11,25H,1H3,(H,24,26). The Morgan fingerprint density at radius 1 is 1.00 bits per heavy atom. The molecule has 0 atom stereocenters. The van der Waals surface area contributed by atoms with E-state index < -0.39 is 21.7 Å². The molecular weight excluding hydrogens is 454 g/mol. The second-order valence-corrected chi connectivity index (χ2v) is 8.55. The molecule has 0 heterocycles. The van der Waals surface area contributed by atoms with Gasteiger partial charge in [-0.25, -0.2) is 12.8 Å². The first kappa shape index (κ1) is 21.9. The Hall–Kier alpha value is -2.81. The molecule has 0 aromatic heterocycles. The molecular formula is C20H15Cl2FN2O4S. The van der Waals surface area contributed by atoms with Gasteiger partial charge in [-0.05, 0) is 48.5 Å². The highest BCUT2D eigenvalue weighted by molar-refractivity contribution is 7.92. The second kappa shape index (κ2) is 8.91. The molecule has 0 saturated heterocycles. The topological polar surface area (TPSA) is 84.5 Å². The van der Waals surface area contributed by atoms with E-state index in [1.807, 2.05) is 0 Å². The molecule has 1 amide bonds. The fraction of sp³-hybridized carbons (Fsp3) is 0.0500. The van der Waals surface area contributed by atoms with Crippen LogP contribution in [0.25, 0.3) is 0 Å². The molecule has 0 aliphatic heterocycles. The van der Waals surface area contributed by atoms with E-state index in [0.29, 0.717) is 5.02 Å². The minimum atomic E-state index is -4.06. The molecule has 0 aliphatic carbocycles. The lowest BCUT2D eigenvalue weighted by molar-refractivity contribution is 0.102. The number of amides is 1. The summed E-state index contributed by atoms with van der Waals surface area (Å²) in [4.78, 5) is 12.3. The SMILES string of the molecule is COc1ccc(S(=O)(=O)Nc2ccc(Cl)cc2Cl)cc1NC(=O)c1ccccc1F. The van der Waals surface area contributed by atoms with Crippen LogP contribution >= 0.6 is 23.2 Å². The third-order valence-electron chi connectivity index (χ3n) is 4.02. The third-order valence-corrected chi connectivity index (χ3v) is 5.93. The average Bonchev–Trinajstić information content (AvgIpc) is 2.70. The molecule has 156 valence electrons. The lowest BCUT2D eigenvalue weighted by Crippen LogP contribution is -2.16. The maximum atomic E-state index is 13.9. The van der Waals surface area contributed by atoms with Gasteiger partial charge < -0.3 is 10.1 Å². The first-order chi connectivity index (χ1) is 14.2. The van der Waals surface area contributed by atoms with Crippen molar-refractivity contribution in [2.45, 2.75) is 4.90 Å². The van der Waals surface area contributed by atoms with Crippen LogP contribution in [-0.4, -0.2) is 21.4 Å². The quantitative estimate of drug-likeness (QED) is 0.520. The Labute approximate surface area is 182 Å². The van der Waals surface area contributed by atoms with E-state index in [2.05, 4.69) is 10.0 Å². The molecule has 3 aromatic rings. The van der Waals surface area contributed by atoms with Crippen LogP contribution in [0.1, 0.15) is 10.4 Å². The van der Waals surface area contributed by atoms with Crippen molar-refractivity contribution in [2.24, 2.45) is 0 Å². The predicted molar refractivity (Wildman–Crippen MR) is 115 cm³/mol. The van der Waals surface area contributed by atoms with E-state index in [-0.39, 0.29) is 32.6 Å². The lowest BCUT2D eigenvalue weighted by atomic mass is 10.2. The zero-order valence-corrected chi connectivity index (χ0v) is 17.8. The van der Waals surface area contributed by atoms with Gasteiger partial charge in [0.2, 0.25) is 0 Å². The maximum absolute atomic E-state index is 13.9. The molecule has 0 saturated carbocycles. The van der Waals surface area contributed by atoms with E-state index in [4.69, 9.17) is 27.9 Å². The number of halogens is 3. The highest BCUT2D eigenvalue weighted by atomic mass is 35.5. The summed E-state index contributed by atoms with van der Waals surface area (Å²) in [5.41, 5.74) is -0.0106. The number of anilines is 2. The van der Waals surface area contributed by atoms with E-state index in [1.54, 1.807) is 0 Å². The number of carbonyl (C=O) groups excluding carboxylic acids is 1. The van der Waals surface area contributed by atoms with E-state index in [0.717, 1.165) is 6.07 Å². The van der Waals surface area contributed by atoms with Crippen LogP contribution in [0.15, 0.2) is 65.6 Å². The summed E-state index contributed by atoms with van der Waals surface area (Å²) in [6.07, 6.45) is 0. The van der Waals surface area contributed by atoms with E-state index in [1.165, 1.54) is 61.7 Å². The molecule has 0 fully saturated rings. The van der Waals surface area contributed by atoms with Gasteiger partial charge in [-0.1, -0.05) is 35.3 Å². The molecule has 0 bridgehead atoms. The number of rotatable bonds is 6. The van der Waals surface area contributed by atoms with Gasteiger partial charge in [0.25, 0.3) is 15.9 Å². The molecule has 0 aliphatic rings. The van der Waals surface area contributed by atoms with Crippen molar-refractivity contribution in [3.63, 3.8) is 0 Å².